The van der Waals surface area contributed by atoms with Gasteiger partial charge in [0.1, 0.15) is 11.3 Å². The summed E-state index contributed by atoms with van der Waals surface area (Å²) < 4.78 is 52.4. The second kappa shape index (κ2) is 8.98. The van der Waals surface area contributed by atoms with E-state index in [1.807, 2.05) is 24.3 Å². The molecule has 0 atom stereocenters. The summed E-state index contributed by atoms with van der Waals surface area (Å²) in [5.41, 5.74) is 4.31. The van der Waals surface area contributed by atoms with E-state index in [1.54, 1.807) is 24.4 Å². The SMILES string of the molecule is CC(C)(C)c1cc(-c2cc(-c3cc4oc5cc(CC(C)(C)C(F)(F)F)ccc5c4o3)ccn2)cc2ccccc12. The minimum absolute atomic E-state index is 0.0396. The van der Waals surface area contributed by atoms with Crippen LogP contribution < -0.4 is 0 Å². The minimum Gasteiger partial charge on any atom is -0.452 e. The van der Waals surface area contributed by atoms with Crippen molar-refractivity contribution in [3.63, 3.8) is 0 Å². The third-order valence-electron chi connectivity index (χ3n) is 7.63. The Morgan fingerprint density at radius 3 is 2.25 bits per heavy atom. The zero-order valence-electron chi connectivity index (χ0n) is 23.1. The number of rotatable bonds is 4. The Balaban J connectivity index is 1.37. The molecular formula is C34H30F3NO2. The smallest absolute Gasteiger partial charge is 0.394 e. The number of halogens is 3. The van der Waals surface area contributed by atoms with Crippen LogP contribution in [0.3, 0.4) is 0 Å². The fourth-order valence-electron chi connectivity index (χ4n) is 5.28. The Kier molecular flexibility index (Phi) is 5.88. The molecule has 0 aliphatic heterocycles. The Morgan fingerprint density at radius 2 is 1.50 bits per heavy atom. The van der Waals surface area contributed by atoms with Gasteiger partial charge in [-0.25, -0.2) is 0 Å². The normalized spacial score (nSPS) is 13.1. The van der Waals surface area contributed by atoms with Crippen molar-refractivity contribution >= 4 is 32.9 Å². The molecule has 6 aromatic rings. The molecule has 0 aliphatic rings. The molecule has 0 fully saturated rings. The van der Waals surface area contributed by atoms with Gasteiger partial charge in [-0.15, -0.1) is 0 Å². The van der Waals surface area contributed by atoms with Gasteiger partial charge in [0.15, 0.2) is 11.2 Å². The fourth-order valence-corrected chi connectivity index (χ4v) is 5.28. The van der Waals surface area contributed by atoms with Gasteiger partial charge in [0.2, 0.25) is 0 Å². The number of pyridine rings is 1. The summed E-state index contributed by atoms with van der Waals surface area (Å²) >= 11 is 0. The molecule has 0 spiro atoms. The van der Waals surface area contributed by atoms with Crippen molar-refractivity contribution in [2.45, 2.75) is 52.6 Å². The first-order valence-corrected chi connectivity index (χ1v) is 13.3. The van der Waals surface area contributed by atoms with Crippen molar-refractivity contribution in [3.05, 3.63) is 90.1 Å². The highest BCUT2D eigenvalue weighted by Gasteiger charge is 2.47. The van der Waals surface area contributed by atoms with E-state index in [1.165, 1.54) is 24.8 Å². The Labute approximate surface area is 230 Å². The third kappa shape index (κ3) is 4.55. The second-order valence-corrected chi connectivity index (χ2v) is 12.2. The van der Waals surface area contributed by atoms with E-state index >= 15 is 0 Å². The second-order valence-electron chi connectivity index (χ2n) is 12.2. The number of hydrogen-bond acceptors (Lipinski definition) is 3. The zero-order valence-corrected chi connectivity index (χ0v) is 23.1. The lowest BCUT2D eigenvalue weighted by Gasteiger charge is -2.27. The van der Waals surface area contributed by atoms with Gasteiger partial charge >= 0.3 is 6.18 Å². The number of alkyl halides is 3. The monoisotopic (exact) mass is 541 g/mol. The van der Waals surface area contributed by atoms with Crippen LogP contribution in [-0.2, 0) is 11.8 Å². The van der Waals surface area contributed by atoms with Gasteiger partial charge in [-0.2, -0.15) is 13.2 Å². The molecule has 0 bridgehead atoms. The predicted octanol–water partition coefficient (Wildman–Crippen LogP) is 10.5. The van der Waals surface area contributed by atoms with E-state index in [9.17, 15) is 13.2 Å². The van der Waals surface area contributed by atoms with Crippen molar-refractivity contribution < 1.29 is 22.0 Å². The summed E-state index contributed by atoms with van der Waals surface area (Å²) in [4.78, 5) is 4.67. The molecule has 3 heterocycles. The maximum Gasteiger partial charge on any atom is 0.394 e. The lowest BCUT2D eigenvalue weighted by atomic mass is 9.82. The van der Waals surface area contributed by atoms with Crippen molar-refractivity contribution in [1.82, 2.24) is 4.98 Å². The summed E-state index contributed by atoms with van der Waals surface area (Å²) in [5, 5.41) is 3.13. The first-order valence-electron chi connectivity index (χ1n) is 13.3. The lowest BCUT2D eigenvalue weighted by molar-refractivity contribution is -0.211. The highest BCUT2D eigenvalue weighted by Crippen LogP contribution is 2.42. The number of nitrogens with zero attached hydrogens (tertiary/aromatic N) is 1. The van der Waals surface area contributed by atoms with E-state index in [0.29, 0.717) is 28.1 Å². The van der Waals surface area contributed by atoms with Crippen LogP contribution in [0.25, 0.3) is 55.5 Å². The summed E-state index contributed by atoms with van der Waals surface area (Å²) in [7, 11) is 0. The summed E-state index contributed by atoms with van der Waals surface area (Å²) in [6, 6.07) is 23.7. The number of furan rings is 2. The van der Waals surface area contributed by atoms with E-state index < -0.39 is 11.6 Å². The van der Waals surface area contributed by atoms with E-state index in [2.05, 4.69) is 56.1 Å². The van der Waals surface area contributed by atoms with Gasteiger partial charge in [0.05, 0.1) is 16.5 Å². The maximum atomic E-state index is 13.4. The molecule has 0 saturated carbocycles. The van der Waals surface area contributed by atoms with Gasteiger partial charge in [-0.1, -0.05) is 65.0 Å². The molecule has 0 aliphatic carbocycles. The number of fused-ring (bicyclic) bond motifs is 4. The van der Waals surface area contributed by atoms with Crippen LogP contribution in [0.1, 0.15) is 45.7 Å². The molecule has 40 heavy (non-hydrogen) atoms. The lowest BCUT2D eigenvalue weighted by Crippen LogP contribution is -2.34. The molecular weight excluding hydrogens is 511 g/mol. The van der Waals surface area contributed by atoms with Crippen LogP contribution in [-0.4, -0.2) is 11.2 Å². The van der Waals surface area contributed by atoms with Crippen molar-refractivity contribution in [2.75, 3.05) is 0 Å². The molecule has 3 nitrogen and oxygen atoms in total. The standard InChI is InChI=1S/C34H30F3NO2/c1-32(2,3)26-16-23(15-21-8-6-7-9-24(21)26)27-17-22(12-13-38-27)28-18-30-31(40-28)25-11-10-20(14-29(25)39-30)19-33(4,5)34(35,36)37/h6-18H,19H2,1-5H3. The molecule has 204 valence electrons. The minimum atomic E-state index is -4.29. The molecule has 0 amide bonds. The predicted molar refractivity (Wildman–Crippen MR) is 154 cm³/mol. The van der Waals surface area contributed by atoms with Gasteiger partial charge < -0.3 is 8.83 Å². The summed E-state index contributed by atoms with van der Waals surface area (Å²) in [6.45, 7) is 9.06. The number of benzene rings is 3. The number of hydrogen-bond donors (Lipinski definition) is 0. The van der Waals surface area contributed by atoms with Crippen molar-refractivity contribution in [3.8, 4) is 22.6 Å². The van der Waals surface area contributed by atoms with Crippen LogP contribution in [0.2, 0.25) is 0 Å². The topological polar surface area (TPSA) is 39.2 Å². The van der Waals surface area contributed by atoms with Crippen molar-refractivity contribution in [2.24, 2.45) is 5.41 Å². The summed E-state index contributed by atoms with van der Waals surface area (Å²) in [5.74, 6) is 0.637. The van der Waals surface area contributed by atoms with Crippen LogP contribution in [0.4, 0.5) is 13.2 Å². The molecule has 6 heteroatoms. The van der Waals surface area contributed by atoms with Crippen LogP contribution in [0, 0.1) is 5.41 Å². The maximum absolute atomic E-state index is 13.4. The average molecular weight is 542 g/mol. The van der Waals surface area contributed by atoms with Gasteiger partial charge in [-0.3, -0.25) is 4.98 Å². The zero-order chi connectivity index (χ0) is 28.4. The van der Waals surface area contributed by atoms with Gasteiger partial charge in [0.25, 0.3) is 0 Å². The molecule has 3 aromatic heterocycles. The Morgan fingerprint density at radius 1 is 0.725 bits per heavy atom. The quantitative estimate of drug-likeness (QED) is 0.223. The largest absolute Gasteiger partial charge is 0.452 e. The van der Waals surface area contributed by atoms with Crippen molar-refractivity contribution in [1.29, 1.82) is 0 Å². The highest BCUT2D eigenvalue weighted by molar-refractivity contribution is 6.03. The molecule has 0 unspecified atom stereocenters. The molecule has 6 rings (SSSR count). The average Bonchev–Trinajstić information content (AvgIpc) is 3.44. The molecule has 0 radical (unpaired) electrons. The van der Waals surface area contributed by atoms with Crippen LogP contribution >= 0.6 is 0 Å². The third-order valence-corrected chi connectivity index (χ3v) is 7.63. The van der Waals surface area contributed by atoms with Gasteiger partial charge in [0, 0.05) is 23.4 Å². The van der Waals surface area contributed by atoms with E-state index in [-0.39, 0.29) is 11.8 Å². The summed E-state index contributed by atoms with van der Waals surface area (Å²) in [6.07, 6.45) is -2.66. The van der Waals surface area contributed by atoms with Crippen LogP contribution in [0.5, 0.6) is 0 Å². The van der Waals surface area contributed by atoms with E-state index in [0.717, 1.165) is 27.6 Å². The first-order chi connectivity index (χ1) is 18.8. The van der Waals surface area contributed by atoms with Gasteiger partial charge in [-0.05, 0) is 70.1 Å². The fraction of sp³-hybridized carbons (Fsp3) is 0.265. The highest BCUT2D eigenvalue weighted by atomic mass is 19.4. The van der Waals surface area contributed by atoms with Crippen LogP contribution in [0.15, 0.2) is 87.8 Å². The number of aromatic nitrogens is 1. The molecule has 0 N–H and O–H groups in total. The molecule has 3 aromatic carbocycles. The Hall–Kier alpha value is -4.06. The van der Waals surface area contributed by atoms with E-state index in [4.69, 9.17) is 8.83 Å². The Bertz CT molecular complexity index is 1880. The molecule has 0 saturated heterocycles. The first kappa shape index (κ1) is 26.2.